The van der Waals surface area contributed by atoms with Gasteiger partial charge in [-0.2, -0.15) is 0 Å². The second-order valence-electron chi connectivity index (χ2n) is 4.23. The number of hydrogen-bond acceptors (Lipinski definition) is 2. The first-order valence-corrected chi connectivity index (χ1v) is 4.14. The van der Waals surface area contributed by atoms with Crippen LogP contribution in [0.1, 0.15) is 34.6 Å². The summed E-state index contributed by atoms with van der Waals surface area (Å²) < 4.78 is 5.36. The zero-order chi connectivity index (χ0) is 9.94. The fourth-order valence-electron chi connectivity index (χ4n) is 0.853. The molecule has 0 saturated heterocycles. The summed E-state index contributed by atoms with van der Waals surface area (Å²) in [5.41, 5.74) is -0.396. The first kappa shape index (κ1) is 11.4. The van der Waals surface area contributed by atoms with Crippen LogP contribution in [-0.4, -0.2) is 22.8 Å². The van der Waals surface area contributed by atoms with Gasteiger partial charge in [-0.05, 0) is 26.7 Å². The number of hydrogen-bond donors (Lipinski definition) is 1. The molecule has 0 bridgehead atoms. The number of carbonyl (C=O) groups is 1. The third-order valence-electron chi connectivity index (χ3n) is 1.33. The molecule has 0 unspecified atom stereocenters. The van der Waals surface area contributed by atoms with Crippen molar-refractivity contribution in [1.82, 2.24) is 0 Å². The lowest BCUT2D eigenvalue weighted by atomic mass is 10.1. The molecule has 0 aliphatic heterocycles. The predicted molar refractivity (Wildman–Crippen MR) is 47.1 cm³/mol. The molecule has 0 aliphatic carbocycles. The van der Waals surface area contributed by atoms with Crippen molar-refractivity contribution in [3.63, 3.8) is 0 Å². The van der Waals surface area contributed by atoms with Gasteiger partial charge in [0.2, 0.25) is 0 Å². The summed E-state index contributed by atoms with van der Waals surface area (Å²) in [5.74, 6) is -0.887. The highest BCUT2D eigenvalue weighted by molar-refractivity contribution is 5.72. The van der Waals surface area contributed by atoms with Gasteiger partial charge >= 0.3 is 5.97 Å². The molecule has 0 aromatic heterocycles. The fourth-order valence-corrected chi connectivity index (χ4v) is 0.853. The van der Waals surface area contributed by atoms with Gasteiger partial charge in [-0.3, -0.25) is 0 Å². The minimum atomic E-state index is -0.889. The van der Waals surface area contributed by atoms with Gasteiger partial charge in [0, 0.05) is 0 Å². The van der Waals surface area contributed by atoms with Gasteiger partial charge in [-0.1, -0.05) is 13.8 Å². The smallest absolute Gasteiger partial charge is 0.333 e. The molecule has 1 atom stereocenters. The van der Waals surface area contributed by atoms with Gasteiger partial charge in [0.05, 0.1) is 5.60 Å². The van der Waals surface area contributed by atoms with Crippen molar-refractivity contribution in [2.75, 3.05) is 0 Å². The SMILES string of the molecule is CC(C)[C@H](OC(C)(C)C)C(=O)O. The second kappa shape index (κ2) is 3.90. The summed E-state index contributed by atoms with van der Waals surface area (Å²) >= 11 is 0. The van der Waals surface area contributed by atoms with Gasteiger partial charge in [0.1, 0.15) is 0 Å². The maximum absolute atomic E-state index is 10.7. The molecule has 0 saturated carbocycles. The van der Waals surface area contributed by atoms with Crippen molar-refractivity contribution >= 4 is 5.97 Å². The zero-order valence-electron chi connectivity index (χ0n) is 8.42. The highest BCUT2D eigenvalue weighted by Gasteiger charge is 2.27. The van der Waals surface area contributed by atoms with Crippen LogP contribution in [0.3, 0.4) is 0 Å². The van der Waals surface area contributed by atoms with Crippen LogP contribution in [0.15, 0.2) is 0 Å². The molecule has 1 N–H and O–H groups in total. The molecular weight excluding hydrogens is 156 g/mol. The van der Waals surface area contributed by atoms with Crippen molar-refractivity contribution in [1.29, 1.82) is 0 Å². The molecule has 0 spiro atoms. The topological polar surface area (TPSA) is 46.5 Å². The predicted octanol–water partition coefficient (Wildman–Crippen LogP) is 1.91. The largest absolute Gasteiger partial charge is 0.479 e. The molecule has 3 nitrogen and oxygen atoms in total. The second-order valence-corrected chi connectivity index (χ2v) is 4.23. The Kier molecular flexibility index (Phi) is 3.71. The number of carboxylic acids is 1. The molecule has 0 rings (SSSR count). The Morgan fingerprint density at radius 3 is 1.83 bits per heavy atom. The monoisotopic (exact) mass is 174 g/mol. The molecule has 0 radical (unpaired) electrons. The van der Waals surface area contributed by atoms with Gasteiger partial charge < -0.3 is 9.84 Å². The lowest BCUT2D eigenvalue weighted by Gasteiger charge is -2.27. The van der Waals surface area contributed by atoms with Crippen molar-refractivity contribution in [3.05, 3.63) is 0 Å². The third-order valence-corrected chi connectivity index (χ3v) is 1.33. The summed E-state index contributed by atoms with van der Waals surface area (Å²) in [6, 6.07) is 0. The van der Waals surface area contributed by atoms with Crippen LogP contribution in [0.5, 0.6) is 0 Å². The van der Waals surface area contributed by atoms with E-state index in [1.807, 2.05) is 34.6 Å². The van der Waals surface area contributed by atoms with Gasteiger partial charge in [-0.25, -0.2) is 4.79 Å². The van der Waals surface area contributed by atoms with Gasteiger partial charge in [0.25, 0.3) is 0 Å². The van der Waals surface area contributed by atoms with Crippen molar-refractivity contribution < 1.29 is 14.6 Å². The van der Waals surface area contributed by atoms with E-state index in [9.17, 15) is 4.79 Å². The standard InChI is InChI=1S/C9H18O3/c1-6(2)7(8(10)11)12-9(3,4)5/h6-7H,1-5H3,(H,10,11)/t7-/m0/s1. The van der Waals surface area contributed by atoms with E-state index < -0.39 is 17.7 Å². The molecule has 72 valence electrons. The Hall–Kier alpha value is -0.570. The molecule has 3 heteroatoms. The van der Waals surface area contributed by atoms with E-state index in [0.717, 1.165) is 0 Å². The van der Waals surface area contributed by atoms with Crippen LogP contribution in [0, 0.1) is 5.92 Å². The first-order valence-electron chi connectivity index (χ1n) is 4.14. The van der Waals surface area contributed by atoms with E-state index in [4.69, 9.17) is 9.84 Å². The number of ether oxygens (including phenoxy) is 1. The van der Waals surface area contributed by atoms with E-state index in [-0.39, 0.29) is 5.92 Å². The van der Waals surface area contributed by atoms with Crippen LogP contribution in [-0.2, 0) is 9.53 Å². The fraction of sp³-hybridized carbons (Fsp3) is 0.889. The van der Waals surface area contributed by atoms with Crippen LogP contribution in [0.25, 0.3) is 0 Å². The van der Waals surface area contributed by atoms with Crippen molar-refractivity contribution in [3.8, 4) is 0 Å². The Morgan fingerprint density at radius 1 is 1.33 bits per heavy atom. The summed E-state index contributed by atoms with van der Waals surface area (Å²) in [6.45, 7) is 9.23. The number of rotatable bonds is 3. The minimum Gasteiger partial charge on any atom is -0.479 e. The van der Waals surface area contributed by atoms with E-state index >= 15 is 0 Å². The molecule has 0 aliphatic rings. The summed E-state index contributed by atoms with van der Waals surface area (Å²) in [7, 11) is 0. The van der Waals surface area contributed by atoms with E-state index in [2.05, 4.69) is 0 Å². The van der Waals surface area contributed by atoms with E-state index in [1.54, 1.807) is 0 Å². The lowest BCUT2D eigenvalue weighted by Crippen LogP contribution is -2.36. The molecule has 0 fully saturated rings. The van der Waals surface area contributed by atoms with Crippen LogP contribution in [0.2, 0.25) is 0 Å². The summed E-state index contributed by atoms with van der Waals surface area (Å²) in [5, 5.41) is 8.78. The number of carboxylic acid groups (broad SMARTS) is 1. The summed E-state index contributed by atoms with van der Waals surface area (Å²) in [4.78, 5) is 10.7. The quantitative estimate of drug-likeness (QED) is 0.711. The van der Waals surface area contributed by atoms with Gasteiger partial charge in [0.15, 0.2) is 6.10 Å². The Labute approximate surface area is 73.7 Å². The zero-order valence-corrected chi connectivity index (χ0v) is 8.42. The maximum Gasteiger partial charge on any atom is 0.333 e. The van der Waals surface area contributed by atoms with Gasteiger partial charge in [-0.15, -0.1) is 0 Å². The Balaban J connectivity index is 4.25. The molecule has 0 aromatic carbocycles. The first-order chi connectivity index (χ1) is 5.24. The van der Waals surface area contributed by atoms with Crippen molar-refractivity contribution in [2.45, 2.75) is 46.3 Å². The lowest BCUT2D eigenvalue weighted by molar-refractivity contribution is -0.164. The molecule has 0 amide bonds. The highest BCUT2D eigenvalue weighted by Crippen LogP contribution is 2.16. The van der Waals surface area contributed by atoms with E-state index in [0.29, 0.717) is 0 Å². The Bertz CT molecular complexity index is 156. The average Bonchev–Trinajstić information content (AvgIpc) is 1.79. The molecule has 12 heavy (non-hydrogen) atoms. The Morgan fingerprint density at radius 2 is 1.75 bits per heavy atom. The normalized spacial score (nSPS) is 14.8. The number of aliphatic carboxylic acids is 1. The summed E-state index contributed by atoms with van der Waals surface area (Å²) in [6.07, 6.45) is -0.704. The van der Waals surface area contributed by atoms with Crippen LogP contribution in [0.4, 0.5) is 0 Å². The third kappa shape index (κ3) is 4.34. The molecule has 0 heterocycles. The highest BCUT2D eigenvalue weighted by atomic mass is 16.5. The molecular formula is C9H18O3. The van der Waals surface area contributed by atoms with Crippen LogP contribution >= 0.6 is 0 Å². The van der Waals surface area contributed by atoms with Crippen LogP contribution < -0.4 is 0 Å². The minimum absolute atomic E-state index is 0.00160. The maximum atomic E-state index is 10.7. The molecule has 0 aromatic rings. The van der Waals surface area contributed by atoms with Crippen molar-refractivity contribution in [2.24, 2.45) is 5.92 Å². The average molecular weight is 174 g/mol. The van der Waals surface area contributed by atoms with E-state index in [1.165, 1.54) is 0 Å².